The van der Waals surface area contributed by atoms with Gasteiger partial charge in [0.15, 0.2) is 0 Å². The van der Waals surface area contributed by atoms with E-state index in [9.17, 15) is 4.79 Å². The van der Waals surface area contributed by atoms with E-state index in [1.807, 2.05) is 0 Å². The van der Waals surface area contributed by atoms with Gasteiger partial charge in [-0.15, -0.1) is 0 Å². The summed E-state index contributed by atoms with van der Waals surface area (Å²) >= 11 is 6.18. The number of rotatable bonds is 1. The minimum atomic E-state index is 0.273. The third kappa shape index (κ3) is 1.67. The quantitative estimate of drug-likeness (QED) is 0.622. The maximum Gasteiger partial charge on any atom is 0.246 e. The second kappa shape index (κ2) is 3.13. The van der Waals surface area contributed by atoms with Crippen molar-refractivity contribution in [3.63, 3.8) is 0 Å². The molecule has 1 atom stereocenters. The molecule has 46 valence electrons. The van der Waals surface area contributed by atoms with Crippen molar-refractivity contribution >= 4 is 43.9 Å². The summed E-state index contributed by atoms with van der Waals surface area (Å²) in [5.74, 6) is 0.981. The van der Waals surface area contributed by atoms with Crippen LogP contribution in [0.25, 0.3) is 0 Å². The van der Waals surface area contributed by atoms with E-state index in [-0.39, 0.29) is 4.45 Å². The summed E-state index contributed by atoms with van der Waals surface area (Å²) in [7, 11) is 0. The molecule has 0 aliphatic carbocycles. The van der Waals surface area contributed by atoms with Crippen molar-refractivity contribution < 1.29 is 4.79 Å². The Bertz CT molecular complexity index is 106. The number of carbonyl (C=O) groups is 1. The molecule has 1 unspecified atom stereocenters. The van der Waals surface area contributed by atoms with Gasteiger partial charge in [-0.3, -0.25) is 4.79 Å². The Labute approximate surface area is 65.1 Å². The summed E-state index contributed by atoms with van der Waals surface area (Å²) in [6.07, 6.45) is 0. The van der Waals surface area contributed by atoms with Gasteiger partial charge in [0.2, 0.25) is 4.45 Å². The van der Waals surface area contributed by atoms with Gasteiger partial charge in [0.25, 0.3) is 0 Å². The molecule has 1 nitrogen and oxygen atoms in total. The van der Waals surface area contributed by atoms with Gasteiger partial charge in [0.05, 0.1) is 0 Å². The molecule has 1 aliphatic rings. The highest BCUT2D eigenvalue weighted by Crippen LogP contribution is 2.33. The summed E-state index contributed by atoms with van der Waals surface area (Å²) in [4.78, 5) is 10.5. The van der Waals surface area contributed by atoms with Gasteiger partial charge in [-0.05, 0) is 0 Å². The Morgan fingerprint density at radius 3 is 2.88 bits per heavy atom. The lowest BCUT2D eigenvalue weighted by Crippen LogP contribution is -2.00. The molecule has 8 heavy (non-hydrogen) atoms. The monoisotopic (exact) mass is 212 g/mol. The Hall–Kier alpha value is 0.850. The summed E-state index contributed by atoms with van der Waals surface area (Å²) in [6, 6.07) is 0. The highest BCUT2D eigenvalue weighted by molar-refractivity contribution is 9.09. The highest BCUT2D eigenvalue weighted by atomic mass is 79.9. The molecule has 1 rings (SSSR count). The lowest BCUT2D eigenvalue weighted by atomic mass is 10.6. The lowest BCUT2D eigenvalue weighted by Gasteiger charge is -1.94. The van der Waals surface area contributed by atoms with Gasteiger partial charge in [-0.1, -0.05) is 39.5 Å². The van der Waals surface area contributed by atoms with Crippen molar-refractivity contribution in [1.29, 1.82) is 0 Å². The predicted octanol–water partition coefficient (Wildman–Crippen LogP) is 2.35. The first-order valence-corrected chi connectivity index (χ1v) is 5.21. The smallest absolute Gasteiger partial charge is 0.246 e. The SMILES string of the molecule is O=C1SCC(CBr)S1. The van der Waals surface area contributed by atoms with Crippen LogP contribution in [0.15, 0.2) is 0 Å². The summed E-state index contributed by atoms with van der Waals surface area (Å²) in [5, 5.41) is 1.46. The van der Waals surface area contributed by atoms with Gasteiger partial charge in [-0.25, -0.2) is 0 Å². The molecule has 1 fully saturated rings. The molecule has 0 bridgehead atoms. The second-order valence-electron chi connectivity index (χ2n) is 1.46. The molecule has 0 aromatic carbocycles. The minimum Gasteiger partial charge on any atom is -0.274 e. The average Bonchev–Trinajstić information content (AvgIpc) is 2.14. The number of hydrogen-bond acceptors (Lipinski definition) is 3. The van der Waals surface area contributed by atoms with E-state index < -0.39 is 0 Å². The summed E-state index contributed by atoms with van der Waals surface area (Å²) in [6.45, 7) is 0. The van der Waals surface area contributed by atoms with Crippen LogP contribution in [-0.4, -0.2) is 20.8 Å². The van der Waals surface area contributed by atoms with Crippen molar-refractivity contribution in [2.75, 3.05) is 11.1 Å². The van der Waals surface area contributed by atoms with Crippen molar-refractivity contribution in [3.05, 3.63) is 0 Å². The second-order valence-corrected chi connectivity index (χ2v) is 4.63. The van der Waals surface area contributed by atoms with Crippen molar-refractivity contribution in [2.24, 2.45) is 0 Å². The molecule has 1 heterocycles. The third-order valence-corrected chi connectivity index (χ3v) is 4.55. The first-order valence-electron chi connectivity index (χ1n) is 2.22. The first-order chi connectivity index (χ1) is 3.83. The van der Waals surface area contributed by atoms with Crippen LogP contribution in [0.4, 0.5) is 4.79 Å². The summed E-state index contributed by atoms with van der Waals surface area (Å²) in [5.41, 5.74) is 0. The molecular weight excluding hydrogens is 208 g/mol. The van der Waals surface area contributed by atoms with E-state index in [0.29, 0.717) is 5.25 Å². The molecule has 0 aromatic rings. The Balaban J connectivity index is 2.32. The molecule has 0 saturated carbocycles. The third-order valence-electron chi connectivity index (χ3n) is 0.822. The molecule has 0 aromatic heterocycles. The van der Waals surface area contributed by atoms with E-state index in [1.54, 1.807) is 0 Å². The Kier molecular flexibility index (Phi) is 2.72. The molecule has 0 amide bonds. The largest absolute Gasteiger partial charge is 0.274 e. The van der Waals surface area contributed by atoms with Crippen LogP contribution in [0, 0.1) is 0 Å². The molecule has 1 aliphatic heterocycles. The zero-order valence-corrected chi connectivity index (χ0v) is 7.31. The maximum absolute atomic E-state index is 10.5. The molecule has 0 radical (unpaired) electrons. The van der Waals surface area contributed by atoms with E-state index in [0.717, 1.165) is 11.1 Å². The Morgan fingerprint density at radius 1 is 1.88 bits per heavy atom. The van der Waals surface area contributed by atoms with E-state index in [1.165, 1.54) is 23.5 Å². The van der Waals surface area contributed by atoms with Gasteiger partial charge >= 0.3 is 0 Å². The van der Waals surface area contributed by atoms with Gasteiger partial charge < -0.3 is 0 Å². The van der Waals surface area contributed by atoms with Crippen molar-refractivity contribution in [2.45, 2.75) is 5.25 Å². The van der Waals surface area contributed by atoms with Crippen molar-refractivity contribution in [3.8, 4) is 0 Å². The van der Waals surface area contributed by atoms with Crippen LogP contribution in [0.3, 0.4) is 0 Å². The topological polar surface area (TPSA) is 17.1 Å². The standard InChI is InChI=1S/C4H5BrOS2/c5-1-3-2-7-4(6)8-3/h3H,1-2H2. The van der Waals surface area contributed by atoms with Crippen LogP contribution in [0.5, 0.6) is 0 Å². The van der Waals surface area contributed by atoms with E-state index >= 15 is 0 Å². The van der Waals surface area contributed by atoms with Crippen LogP contribution in [0.1, 0.15) is 0 Å². The van der Waals surface area contributed by atoms with Gasteiger partial charge in [0, 0.05) is 16.3 Å². The molecule has 4 heteroatoms. The van der Waals surface area contributed by atoms with Crippen LogP contribution < -0.4 is 0 Å². The summed E-state index contributed by atoms with van der Waals surface area (Å²) < 4.78 is 0.273. The van der Waals surface area contributed by atoms with Gasteiger partial charge in [-0.2, -0.15) is 0 Å². The van der Waals surface area contributed by atoms with E-state index in [4.69, 9.17) is 0 Å². The first kappa shape index (κ1) is 6.96. The molecule has 1 saturated heterocycles. The fourth-order valence-electron chi connectivity index (χ4n) is 0.441. The molecule has 0 spiro atoms. The normalized spacial score (nSPS) is 29.1. The fraction of sp³-hybridized carbons (Fsp3) is 0.750. The van der Waals surface area contributed by atoms with Crippen LogP contribution in [0.2, 0.25) is 0 Å². The number of alkyl halides is 1. The maximum atomic E-state index is 10.5. The zero-order valence-electron chi connectivity index (χ0n) is 4.09. The minimum absolute atomic E-state index is 0.273. The van der Waals surface area contributed by atoms with Crippen LogP contribution >= 0.6 is 39.5 Å². The highest BCUT2D eigenvalue weighted by Gasteiger charge is 2.22. The fourth-order valence-corrected chi connectivity index (χ4v) is 3.51. The predicted molar refractivity (Wildman–Crippen MR) is 43.0 cm³/mol. The number of hydrogen-bond donors (Lipinski definition) is 0. The van der Waals surface area contributed by atoms with Gasteiger partial charge in [0.1, 0.15) is 0 Å². The van der Waals surface area contributed by atoms with Crippen molar-refractivity contribution in [1.82, 2.24) is 0 Å². The molecule has 0 N–H and O–H groups in total. The zero-order chi connectivity index (χ0) is 5.98. The van der Waals surface area contributed by atoms with E-state index in [2.05, 4.69) is 15.9 Å². The average molecular weight is 213 g/mol. The lowest BCUT2D eigenvalue weighted by molar-refractivity contribution is 0.277. The molecular formula is C4H5BrOS2. The number of thioether (sulfide) groups is 2. The number of carbonyl (C=O) groups excluding carboxylic acids is 1. The van der Waals surface area contributed by atoms with Crippen LogP contribution in [-0.2, 0) is 0 Å². The number of halogens is 1. The Morgan fingerprint density at radius 2 is 2.62 bits per heavy atom.